The molecule has 0 unspecified atom stereocenters. The number of benzene rings is 1. The summed E-state index contributed by atoms with van der Waals surface area (Å²) >= 11 is 0. The summed E-state index contributed by atoms with van der Waals surface area (Å²) in [6.45, 7) is 6.10. The average Bonchev–Trinajstić information content (AvgIpc) is 2.72. The molecule has 0 bridgehead atoms. The van der Waals surface area contributed by atoms with Crippen LogP contribution < -0.4 is 10.2 Å². The Morgan fingerprint density at radius 2 is 1.77 bits per heavy atom. The third-order valence-corrected chi connectivity index (χ3v) is 6.00. The molecule has 1 aromatic rings. The summed E-state index contributed by atoms with van der Waals surface area (Å²) in [6, 6.07) is 5.59. The molecule has 2 heterocycles. The number of rotatable bonds is 4. The summed E-state index contributed by atoms with van der Waals surface area (Å²) in [5.41, 5.74) is 0.0356. The van der Waals surface area contributed by atoms with Crippen LogP contribution in [0, 0.1) is 5.92 Å². The predicted molar refractivity (Wildman–Crippen MR) is 127 cm³/mol. The number of anilines is 1. The van der Waals surface area contributed by atoms with Gasteiger partial charge < -0.3 is 20.0 Å². The van der Waals surface area contributed by atoms with Crippen molar-refractivity contribution < 1.29 is 13.2 Å². The van der Waals surface area contributed by atoms with Crippen LogP contribution in [0.4, 0.5) is 18.9 Å². The fourth-order valence-corrected chi connectivity index (χ4v) is 4.13. The molecule has 0 saturated carbocycles. The van der Waals surface area contributed by atoms with E-state index >= 15 is 0 Å². The smallest absolute Gasteiger partial charge is 0.368 e. The zero-order chi connectivity index (χ0) is 20.9. The van der Waals surface area contributed by atoms with E-state index < -0.39 is 11.7 Å². The molecule has 0 aliphatic carbocycles. The average molecular weight is 539 g/mol. The molecule has 5 nitrogen and oxygen atoms in total. The van der Waals surface area contributed by atoms with E-state index in [9.17, 15) is 13.2 Å². The van der Waals surface area contributed by atoms with Gasteiger partial charge in [-0.25, -0.2) is 0 Å². The quantitative estimate of drug-likeness (QED) is 0.359. The number of halogens is 4. The first-order valence-electron chi connectivity index (χ1n) is 10.4. The fraction of sp³-hybridized carbons (Fsp3) is 0.667. The van der Waals surface area contributed by atoms with Gasteiger partial charge in [0.25, 0.3) is 0 Å². The lowest BCUT2D eigenvalue weighted by molar-refractivity contribution is -0.137. The number of aliphatic imine (C=N–C) groups is 1. The van der Waals surface area contributed by atoms with Crippen molar-refractivity contribution in [2.75, 3.05) is 64.8 Å². The molecule has 2 saturated heterocycles. The molecule has 0 radical (unpaired) electrons. The van der Waals surface area contributed by atoms with E-state index in [1.165, 1.54) is 38.1 Å². The minimum atomic E-state index is -4.31. The second-order valence-corrected chi connectivity index (χ2v) is 8.03. The zero-order valence-electron chi connectivity index (χ0n) is 17.8. The van der Waals surface area contributed by atoms with Gasteiger partial charge in [0.05, 0.1) is 5.56 Å². The van der Waals surface area contributed by atoms with Crippen LogP contribution >= 0.6 is 24.0 Å². The van der Waals surface area contributed by atoms with Gasteiger partial charge in [0.15, 0.2) is 5.96 Å². The highest BCUT2D eigenvalue weighted by Crippen LogP contribution is 2.31. The van der Waals surface area contributed by atoms with Gasteiger partial charge in [-0.15, -0.1) is 24.0 Å². The van der Waals surface area contributed by atoms with Gasteiger partial charge in [-0.05, 0) is 63.5 Å². The Labute approximate surface area is 194 Å². The number of guanidine groups is 1. The van der Waals surface area contributed by atoms with Crippen molar-refractivity contribution >= 4 is 35.6 Å². The summed E-state index contributed by atoms with van der Waals surface area (Å²) in [6.07, 6.45) is -0.645. The Balaban J connectivity index is 0.00000320. The highest BCUT2D eigenvalue weighted by atomic mass is 127. The first kappa shape index (κ1) is 25.0. The van der Waals surface area contributed by atoms with Gasteiger partial charge in [-0.1, -0.05) is 6.07 Å². The molecule has 2 fully saturated rings. The Bertz CT molecular complexity index is 681. The standard InChI is InChI=1S/C21H32F3N5.HI/c1-25-20(26-9-6-17-7-10-27(2)11-8-17)29-14-12-28(13-15-29)19-5-3-4-18(16-19)21(22,23)24;/h3-5,16-17H,6-15H2,1-2H3,(H,25,26);1H. The van der Waals surface area contributed by atoms with Gasteiger partial charge in [0.2, 0.25) is 0 Å². The summed E-state index contributed by atoms with van der Waals surface area (Å²) in [5, 5.41) is 3.48. The third-order valence-electron chi connectivity index (χ3n) is 6.00. The second kappa shape index (κ2) is 11.4. The van der Waals surface area contributed by atoms with Crippen LogP contribution in [-0.4, -0.2) is 75.7 Å². The number of piperidine rings is 1. The Morgan fingerprint density at radius 1 is 1.10 bits per heavy atom. The largest absolute Gasteiger partial charge is 0.416 e. The van der Waals surface area contributed by atoms with Gasteiger partial charge in [-0.3, -0.25) is 4.99 Å². The van der Waals surface area contributed by atoms with Gasteiger partial charge in [0, 0.05) is 45.5 Å². The van der Waals surface area contributed by atoms with Gasteiger partial charge >= 0.3 is 6.18 Å². The Kier molecular flexibility index (Phi) is 9.52. The fourth-order valence-electron chi connectivity index (χ4n) is 4.13. The van der Waals surface area contributed by atoms with Crippen LogP contribution in [0.3, 0.4) is 0 Å². The van der Waals surface area contributed by atoms with Gasteiger partial charge in [-0.2, -0.15) is 13.2 Å². The molecule has 9 heteroatoms. The molecular formula is C21H33F3IN5. The van der Waals surface area contributed by atoms with Crippen LogP contribution in [0.2, 0.25) is 0 Å². The van der Waals surface area contributed by atoms with Crippen molar-refractivity contribution in [2.45, 2.75) is 25.4 Å². The van der Waals surface area contributed by atoms with Crippen LogP contribution in [0.1, 0.15) is 24.8 Å². The minimum Gasteiger partial charge on any atom is -0.368 e. The molecule has 3 rings (SSSR count). The molecule has 0 atom stereocenters. The first-order valence-corrected chi connectivity index (χ1v) is 10.4. The number of nitrogens with one attached hydrogen (secondary N) is 1. The first-order chi connectivity index (χ1) is 13.9. The SMILES string of the molecule is CN=C(NCCC1CCN(C)CC1)N1CCN(c2cccc(C(F)(F)F)c2)CC1.I. The maximum atomic E-state index is 13.0. The predicted octanol–water partition coefficient (Wildman–Crippen LogP) is 3.75. The lowest BCUT2D eigenvalue weighted by Gasteiger charge is -2.38. The molecule has 2 aliphatic heterocycles. The lowest BCUT2D eigenvalue weighted by Crippen LogP contribution is -2.52. The highest BCUT2D eigenvalue weighted by molar-refractivity contribution is 14.0. The van der Waals surface area contributed by atoms with Crippen LogP contribution in [0.15, 0.2) is 29.3 Å². The maximum absolute atomic E-state index is 13.0. The third kappa shape index (κ3) is 6.90. The van der Waals surface area contributed by atoms with E-state index in [1.807, 2.05) is 4.90 Å². The van der Waals surface area contributed by atoms with E-state index in [-0.39, 0.29) is 24.0 Å². The number of alkyl halides is 3. The number of piperazine rings is 1. The molecule has 30 heavy (non-hydrogen) atoms. The van der Waals surface area contributed by atoms with E-state index in [1.54, 1.807) is 13.1 Å². The topological polar surface area (TPSA) is 34.1 Å². The van der Waals surface area contributed by atoms with Crippen LogP contribution in [-0.2, 0) is 6.18 Å². The molecule has 0 amide bonds. The lowest BCUT2D eigenvalue weighted by atomic mass is 9.94. The summed E-state index contributed by atoms with van der Waals surface area (Å²) in [4.78, 5) is 11.0. The van der Waals surface area contributed by atoms with Crippen molar-refractivity contribution in [2.24, 2.45) is 10.9 Å². The van der Waals surface area contributed by atoms with Crippen molar-refractivity contribution in [1.29, 1.82) is 0 Å². The molecule has 1 aromatic carbocycles. The maximum Gasteiger partial charge on any atom is 0.416 e. The Morgan fingerprint density at radius 3 is 2.37 bits per heavy atom. The molecule has 170 valence electrons. The monoisotopic (exact) mass is 539 g/mol. The Hall–Kier alpha value is -1.23. The molecular weight excluding hydrogens is 506 g/mol. The highest BCUT2D eigenvalue weighted by Gasteiger charge is 2.31. The second-order valence-electron chi connectivity index (χ2n) is 8.03. The van der Waals surface area contributed by atoms with Gasteiger partial charge in [0.1, 0.15) is 0 Å². The number of likely N-dealkylation sites (tertiary alicyclic amines) is 1. The summed E-state index contributed by atoms with van der Waals surface area (Å²) < 4.78 is 38.9. The summed E-state index contributed by atoms with van der Waals surface area (Å²) in [7, 11) is 3.96. The van der Waals surface area contributed by atoms with Crippen molar-refractivity contribution in [3.63, 3.8) is 0 Å². The van der Waals surface area contributed by atoms with E-state index in [2.05, 4.69) is 27.2 Å². The number of hydrogen-bond donors (Lipinski definition) is 1. The summed E-state index contributed by atoms with van der Waals surface area (Å²) in [5.74, 6) is 1.66. The van der Waals surface area contributed by atoms with E-state index in [4.69, 9.17) is 0 Å². The molecule has 1 N–H and O–H groups in total. The molecule has 2 aliphatic rings. The van der Waals surface area contributed by atoms with Crippen molar-refractivity contribution in [3.05, 3.63) is 29.8 Å². The van der Waals surface area contributed by atoms with E-state index in [0.717, 1.165) is 44.0 Å². The molecule has 0 spiro atoms. The van der Waals surface area contributed by atoms with Crippen LogP contribution in [0.25, 0.3) is 0 Å². The number of hydrogen-bond acceptors (Lipinski definition) is 3. The van der Waals surface area contributed by atoms with Crippen molar-refractivity contribution in [1.82, 2.24) is 15.1 Å². The minimum absolute atomic E-state index is 0. The van der Waals surface area contributed by atoms with E-state index in [0.29, 0.717) is 18.8 Å². The van der Waals surface area contributed by atoms with Crippen molar-refractivity contribution in [3.8, 4) is 0 Å². The zero-order valence-corrected chi connectivity index (χ0v) is 20.1. The normalized spacial score (nSPS) is 19.6. The van der Waals surface area contributed by atoms with Crippen LogP contribution in [0.5, 0.6) is 0 Å². The number of nitrogens with zero attached hydrogens (tertiary/aromatic N) is 4. The molecule has 0 aromatic heterocycles.